The molecule has 1 aromatic carbocycles. The fraction of sp³-hybridized carbons (Fsp3) is 0.550. The van der Waals surface area contributed by atoms with Gasteiger partial charge in [0.05, 0.1) is 19.4 Å². The average Bonchev–Trinajstić information content (AvgIpc) is 2.53. The second-order valence-corrected chi connectivity index (χ2v) is 8.11. The first-order valence-electron chi connectivity index (χ1n) is 9.00. The van der Waals surface area contributed by atoms with Gasteiger partial charge in [-0.3, -0.25) is 14.4 Å². The Hall–Kier alpha value is -1.89. The highest BCUT2D eigenvalue weighted by molar-refractivity contribution is 9.10. The monoisotopic (exact) mass is 441 g/mol. The van der Waals surface area contributed by atoms with Crippen molar-refractivity contribution in [2.75, 3.05) is 6.61 Å². The lowest BCUT2D eigenvalue weighted by molar-refractivity contribution is -0.156. The maximum Gasteiger partial charge on any atom is 0.307 e. The molecule has 0 bridgehead atoms. The zero-order valence-electron chi connectivity index (χ0n) is 16.3. The first-order chi connectivity index (χ1) is 12.6. The Bertz CT molecular complexity index is 637. The molecule has 1 aromatic rings. The Morgan fingerprint density at radius 1 is 1.07 bits per heavy atom. The van der Waals surface area contributed by atoms with Gasteiger partial charge in [-0.15, -0.1) is 0 Å². The molecule has 1 N–H and O–H groups in total. The molecule has 0 radical (unpaired) electrons. The van der Waals surface area contributed by atoms with Crippen LogP contribution in [-0.4, -0.2) is 36.1 Å². The van der Waals surface area contributed by atoms with Gasteiger partial charge in [0.15, 0.2) is 0 Å². The number of esters is 2. The molecule has 0 saturated heterocycles. The summed E-state index contributed by atoms with van der Waals surface area (Å²) in [5.41, 5.74) is 0.404. The lowest BCUT2D eigenvalue weighted by Gasteiger charge is -2.20. The van der Waals surface area contributed by atoms with Gasteiger partial charge in [0, 0.05) is 16.9 Å². The zero-order valence-corrected chi connectivity index (χ0v) is 17.9. The van der Waals surface area contributed by atoms with Gasteiger partial charge in [0.25, 0.3) is 0 Å². The van der Waals surface area contributed by atoms with Crippen molar-refractivity contribution in [2.45, 2.75) is 65.0 Å². The van der Waals surface area contributed by atoms with E-state index in [0.29, 0.717) is 6.42 Å². The molecule has 6 nitrogen and oxygen atoms in total. The Labute approximate surface area is 169 Å². The average molecular weight is 442 g/mol. The predicted octanol–water partition coefficient (Wildman–Crippen LogP) is 3.55. The fourth-order valence-electron chi connectivity index (χ4n) is 2.41. The third-order valence-electron chi connectivity index (χ3n) is 3.46. The van der Waals surface area contributed by atoms with Crippen LogP contribution in [0.3, 0.4) is 0 Å². The van der Waals surface area contributed by atoms with E-state index in [1.54, 1.807) is 27.7 Å². The Kier molecular flexibility index (Phi) is 9.49. The number of halogens is 1. The van der Waals surface area contributed by atoms with E-state index >= 15 is 0 Å². The molecule has 1 rings (SSSR count). The summed E-state index contributed by atoms with van der Waals surface area (Å²) in [7, 11) is 0. The van der Waals surface area contributed by atoms with Gasteiger partial charge in [0.1, 0.15) is 5.60 Å². The molecule has 0 saturated carbocycles. The SMILES string of the molecule is CCOC(=O)C[C@@H](Cc1ccc(Br)cc1)NC(=O)CCC(=O)OC(C)(C)C. The van der Waals surface area contributed by atoms with Crippen molar-refractivity contribution in [1.82, 2.24) is 5.32 Å². The van der Waals surface area contributed by atoms with Crippen LogP contribution in [-0.2, 0) is 30.3 Å². The maximum atomic E-state index is 12.2. The summed E-state index contributed by atoms with van der Waals surface area (Å²) in [4.78, 5) is 35.8. The second-order valence-electron chi connectivity index (χ2n) is 7.19. The molecule has 1 atom stereocenters. The van der Waals surface area contributed by atoms with Crippen molar-refractivity contribution < 1.29 is 23.9 Å². The van der Waals surface area contributed by atoms with E-state index in [1.807, 2.05) is 24.3 Å². The lowest BCUT2D eigenvalue weighted by Crippen LogP contribution is -2.38. The van der Waals surface area contributed by atoms with Gasteiger partial charge >= 0.3 is 11.9 Å². The van der Waals surface area contributed by atoms with Crippen molar-refractivity contribution >= 4 is 33.8 Å². The molecule has 0 aliphatic rings. The molecule has 0 aliphatic carbocycles. The lowest BCUT2D eigenvalue weighted by atomic mass is 10.0. The molecule has 0 unspecified atom stereocenters. The third-order valence-corrected chi connectivity index (χ3v) is 3.98. The van der Waals surface area contributed by atoms with E-state index in [-0.39, 0.29) is 37.7 Å². The minimum absolute atomic E-state index is 0.00643. The normalized spacial score (nSPS) is 12.2. The van der Waals surface area contributed by atoms with Crippen LogP contribution in [0.25, 0.3) is 0 Å². The highest BCUT2D eigenvalue weighted by Crippen LogP contribution is 2.14. The zero-order chi connectivity index (χ0) is 20.4. The van der Waals surface area contributed by atoms with Crippen molar-refractivity contribution in [2.24, 2.45) is 0 Å². The summed E-state index contributed by atoms with van der Waals surface area (Å²) in [6.45, 7) is 7.35. The highest BCUT2D eigenvalue weighted by atomic mass is 79.9. The number of hydrogen-bond donors (Lipinski definition) is 1. The molecule has 1 amide bonds. The first-order valence-corrected chi connectivity index (χ1v) is 9.79. The van der Waals surface area contributed by atoms with E-state index in [1.165, 1.54) is 0 Å². The van der Waals surface area contributed by atoms with Crippen LogP contribution in [0.1, 0.15) is 52.5 Å². The molecular formula is C20H28BrNO5. The summed E-state index contributed by atoms with van der Waals surface area (Å²) in [6.07, 6.45) is 0.564. The minimum atomic E-state index is -0.582. The molecule has 150 valence electrons. The smallest absolute Gasteiger partial charge is 0.307 e. The van der Waals surface area contributed by atoms with Crippen molar-refractivity contribution in [3.05, 3.63) is 34.3 Å². The summed E-state index contributed by atoms with van der Waals surface area (Å²) >= 11 is 3.38. The summed E-state index contributed by atoms with van der Waals surface area (Å²) in [6, 6.07) is 7.25. The predicted molar refractivity (Wildman–Crippen MR) is 106 cm³/mol. The van der Waals surface area contributed by atoms with Crippen LogP contribution in [0.15, 0.2) is 28.7 Å². The van der Waals surface area contributed by atoms with Crippen LogP contribution in [0, 0.1) is 0 Å². The van der Waals surface area contributed by atoms with Gasteiger partial charge in [-0.2, -0.15) is 0 Å². The molecule has 0 fully saturated rings. The largest absolute Gasteiger partial charge is 0.466 e. The van der Waals surface area contributed by atoms with Crippen LogP contribution in [0.2, 0.25) is 0 Å². The van der Waals surface area contributed by atoms with E-state index in [9.17, 15) is 14.4 Å². The number of nitrogens with one attached hydrogen (secondary N) is 1. The maximum absolute atomic E-state index is 12.2. The first kappa shape index (κ1) is 23.1. The molecule has 7 heteroatoms. The molecule has 0 aliphatic heterocycles. The number of carbonyl (C=O) groups is 3. The summed E-state index contributed by atoms with van der Waals surface area (Å²) < 4.78 is 11.1. The number of carbonyl (C=O) groups excluding carboxylic acids is 3. The number of rotatable bonds is 9. The van der Waals surface area contributed by atoms with Gasteiger partial charge in [-0.05, 0) is 51.8 Å². The third kappa shape index (κ3) is 10.8. The minimum Gasteiger partial charge on any atom is -0.466 e. The summed E-state index contributed by atoms with van der Waals surface area (Å²) in [5, 5.41) is 2.83. The van der Waals surface area contributed by atoms with Crippen LogP contribution in [0.4, 0.5) is 0 Å². The van der Waals surface area contributed by atoms with Gasteiger partial charge in [0.2, 0.25) is 5.91 Å². The van der Waals surface area contributed by atoms with Crippen molar-refractivity contribution in [3.63, 3.8) is 0 Å². The number of hydrogen-bond acceptors (Lipinski definition) is 5. The van der Waals surface area contributed by atoms with Crippen molar-refractivity contribution in [3.8, 4) is 0 Å². The molecule has 0 spiro atoms. The van der Waals surface area contributed by atoms with Crippen LogP contribution >= 0.6 is 15.9 Å². The van der Waals surface area contributed by atoms with Crippen LogP contribution < -0.4 is 5.32 Å². The Morgan fingerprint density at radius 3 is 2.26 bits per heavy atom. The standard InChI is InChI=1S/C20H28BrNO5/c1-5-26-19(25)13-16(12-14-6-8-15(21)9-7-14)22-17(23)10-11-18(24)27-20(2,3)4/h6-9,16H,5,10-13H2,1-4H3,(H,22,23)/t16-/m1/s1. The topological polar surface area (TPSA) is 81.7 Å². The highest BCUT2D eigenvalue weighted by Gasteiger charge is 2.20. The quantitative estimate of drug-likeness (QED) is 0.592. The molecule has 27 heavy (non-hydrogen) atoms. The summed E-state index contributed by atoms with van der Waals surface area (Å²) in [5.74, 6) is -1.09. The number of amides is 1. The number of ether oxygens (including phenoxy) is 2. The van der Waals surface area contributed by atoms with Gasteiger partial charge < -0.3 is 14.8 Å². The van der Waals surface area contributed by atoms with Crippen LogP contribution in [0.5, 0.6) is 0 Å². The fourth-order valence-corrected chi connectivity index (χ4v) is 2.67. The van der Waals surface area contributed by atoms with Crippen molar-refractivity contribution in [1.29, 1.82) is 0 Å². The second kappa shape index (κ2) is 11.1. The molecule has 0 aromatic heterocycles. The molecular weight excluding hydrogens is 414 g/mol. The Morgan fingerprint density at radius 2 is 1.70 bits per heavy atom. The number of benzene rings is 1. The molecule has 0 heterocycles. The van der Waals surface area contributed by atoms with Gasteiger partial charge in [-0.1, -0.05) is 28.1 Å². The van der Waals surface area contributed by atoms with Gasteiger partial charge in [-0.25, -0.2) is 0 Å². The van der Waals surface area contributed by atoms with E-state index in [2.05, 4.69) is 21.2 Å². The van der Waals surface area contributed by atoms with E-state index < -0.39 is 17.6 Å². The Balaban J connectivity index is 2.63. The van der Waals surface area contributed by atoms with E-state index in [4.69, 9.17) is 9.47 Å². The van der Waals surface area contributed by atoms with E-state index in [0.717, 1.165) is 10.0 Å².